The topological polar surface area (TPSA) is 37.3 Å². The molecule has 0 heterocycles. The first-order chi connectivity index (χ1) is 5.65. The molecule has 0 radical (unpaired) electrons. The van der Waals surface area contributed by atoms with E-state index in [4.69, 9.17) is 5.11 Å². The van der Waals surface area contributed by atoms with Crippen molar-refractivity contribution in [3.8, 4) is 0 Å². The minimum absolute atomic E-state index is 0.481. The van der Waals surface area contributed by atoms with Crippen LogP contribution in [0.5, 0.6) is 0 Å². The molecule has 0 saturated heterocycles. The van der Waals surface area contributed by atoms with E-state index in [1.807, 2.05) is 6.92 Å². The van der Waals surface area contributed by atoms with Gasteiger partial charge in [0.15, 0.2) is 0 Å². The molecule has 2 nitrogen and oxygen atoms in total. The van der Waals surface area contributed by atoms with Gasteiger partial charge in [0.2, 0.25) is 0 Å². The van der Waals surface area contributed by atoms with Crippen LogP contribution in [0.25, 0.3) is 0 Å². The Morgan fingerprint density at radius 1 is 1.33 bits per heavy atom. The van der Waals surface area contributed by atoms with Crippen molar-refractivity contribution in [3.63, 3.8) is 0 Å². The van der Waals surface area contributed by atoms with Crippen molar-refractivity contribution in [2.45, 2.75) is 39.0 Å². The average Bonchev–Trinajstić information content (AvgIpc) is 1.97. The van der Waals surface area contributed by atoms with Gasteiger partial charge < -0.3 is 5.11 Å². The fourth-order valence-electron chi connectivity index (χ4n) is 1.59. The van der Waals surface area contributed by atoms with Gasteiger partial charge in [-0.2, -0.15) is 0 Å². The Morgan fingerprint density at radius 3 is 2.67 bits per heavy atom. The summed E-state index contributed by atoms with van der Waals surface area (Å²) < 4.78 is 0. The highest BCUT2D eigenvalue weighted by Crippen LogP contribution is 2.31. The summed E-state index contributed by atoms with van der Waals surface area (Å²) in [6.45, 7) is 1.86. The molecule has 0 spiro atoms. The maximum Gasteiger partial charge on any atom is 0.309 e. The second-order valence-electron chi connectivity index (χ2n) is 3.77. The highest BCUT2D eigenvalue weighted by Gasteiger charge is 2.31. The Labute approximate surface area is 73.3 Å². The summed E-state index contributed by atoms with van der Waals surface area (Å²) in [6.07, 6.45) is 8.78. The molecule has 1 N–H and O–H groups in total. The van der Waals surface area contributed by atoms with Gasteiger partial charge in [0, 0.05) is 0 Å². The van der Waals surface area contributed by atoms with E-state index in [0.29, 0.717) is 0 Å². The maximum atomic E-state index is 10.9. The Kier molecular flexibility index (Phi) is 2.90. The molecule has 0 aromatic rings. The third-order valence-corrected chi connectivity index (χ3v) is 2.65. The SMILES string of the molecule is C[C@@]1(C(=O)O)CCC=CCCC1. The van der Waals surface area contributed by atoms with E-state index in [0.717, 1.165) is 32.1 Å². The number of hydrogen-bond donors (Lipinski definition) is 1. The van der Waals surface area contributed by atoms with Crippen LogP contribution in [0.1, 0.15) is 39.0 Å². The summed E-state index contributed by atoms with van der Waals surface area (Å²) in [5, 5.41) is 8.99. The summed E-state index contributed by atoms with van der Waals surface area (Å²) in [5.74, 6) is -0.641. The van der Waals surface area contributed by atoms with Gasteiger partial charge in [-0.25, -0.2) is 0 Å². The first-order valence-electron chi connectivity index (χ1n) is 4.53. The van der Waals surface area contributed by atoms with E-state index in [2.05, 4.69) is 12.2 Å². The minimum Gasteiger partial charge on any atom is -0.481 e. The van der Waals surface area contributed by atoms with Crippen molar-refractivity contribution in [2.24, 2.45) is 5.41 Å². The van der Waals surface area contributed by atoms with Crippen LogP contribution >= 0.6 is 0 Å². The maximum absolute atomic E-state index is 10.9. The van der Waals surface area contributed by atoms with Crippen LogP contribution in [-0.4, -0.2) is 11.1 Å². The summed E-state index contributed by atoms with van der Waals surface area (Å²) in [7, 11) is 0. The number of allylic oxidation sites excluding steroid dienone is 2. The molecule has 2 heteroatoms. The average molecular weight is 168 g/mol. The van der Waals surface area contributed by atoms with Crippen LogP contribution in [-0.2, 0) is 4.79 Å². The molecule has 12 heavy (non-hydrogen) atoms. The molecule has 0 amide bonds. The van der Waals surface area contributed by atoms with Crippen molar-refractivity contribution in [3.05, 3.63) is 12.2 Å². The van der Waals surface area contributed by atoms with Gasteiger partial charge in [0.1, 0.15) is 0 Å². The molecule has 68 valence electrons. The predicted octanol–water partition coefficient (Wildman–Crippen LogP) is 2.60. The standard InChI is InChI=1S/C10H16O2/c1-10(9(11)12)7-5-3-2-4-6-8-10/h2-3H,4-8H2,1H3,(H,11,12)/t10-/m1/s1. The third-order valence-electron chi connectivity index (χ3n) is 2.65. The molecule has 0 aromatic heterocycles. The lowest BCUT2D eigenvalue weighted by Gasteiger charge is -2.24. The largest absolute Gasteiger partial charge is 0.481 e. The van der Waals surface area contributed by atoms with Crippen molar-refractivity contribution >= 4 is 5.97 Å². The molecule has 0 fully saturated rings. The molecular weight excluding hydrogens is 152 g/mol. The quantitative estimate of drug-likeness (QED) is 0.611. The number of carboxylic acids is 1. The molecule has 1 aliphatic carbocycles. The van der Waals surface area contributed by atoms with Gasteiger partial charge in [0.05, 0.1) is 5.41 Å². The zero-order valence-corrected chi connectivity index (χ0v) is 7.55. The van der Waals surface area contributed by atoms with Crippen LogP contribution in [0.4, 0.5) is 0 Å². The van der Waals surface area contributed by atoms with E-state index in [1.54, 1.807) is 0 Å². The number of carboxylic acid groups (broad SMARTS) is 1. The zero-order valence-electron chi connectivity index (χ0n) is 7.55. The van der Waals surface area contributed by atoms with E-state index in [-0.39, 0.29) is 0 Å². The second kappa shape index (κ2) is 3.74. The molecule has 0 aliphatic heterocycles. The first-order valence-corrected chi connectivity index (χ1v) is 4.53. The second-order valence-corrected chi connectivity index (χ2v) is 3.77. The first kappa shape index (κ1) is 9.30. The predicted molar refractivity (Wildman–Crippen MR) is 48.0 cm³/mol. The lowest BCUT2D eigenvalue weighted by molar-refractivity contribution is -0.148. The van der Waals surface area contributed by atoms with Crippen molar-refractivity contribution in [2.75, 3.05) is 0 Å². The van der Waals surface area contributed by atoms with Crippen LogP contribution in [0.3, 0.4) is 0 Å². The van der Waals surface area contributed by atoms with Crippen molar-refractivity contribution in [1.82, 2.24) is 0 Å². The van der Waals surface area contributed by atoms with E-state index in [1.165, 1.54) is 0 Å². The Balaban J connectivity index is 2.63. The minimum atomic E-state index is -0.641. The number of hydrogen-bond acceptors (Lipinski definition) is 1. The number of carbonyl (C=O) groups is 1. The van der Waals surface area contributed by atoms with E-state index >= 15 is 0 Å². The van der Waals surface area contributed by atoms with Gasteiger partial charge in [-0.1, -0.05) is 12.2 Å². The zero-order chi connectivity index (χ0) is 9.03. The molecule has 1 aliphatic rings. The molecule has 1 atom stereocenters. The molecular formula is C10H16O2. The molecule has 0 aromatic carbocycles. The number of rotatable bonds is 1. The lowest BCUT2D eigenvalue weighted by atomic mass is 9.79. The summed E-state index contributed by atoms with van der Waals surface area (Å²) in [6, 6.07) is 0. The Hall–Kier alpha value is -0.790. The fourth-order valence-corrected chi connectivity index (χ4v) is 1.59. The normalized spacial score (nSPS) is 30.8. The fraction of sp³-hybridized carbons (Fsp3) is 0.700. The van der Waals surface area contributed by atoms with E-state index in [9.17, 15) is 4.79 Å². The lowest BCUT2D eigenvalue weighted by Crippen LogP contribution is -2.27. The third kappa shape index (κ3) is 2.10. The molecule has 0 unspecified atom stereocenters. The van der Waals surface area contributed by atoms with Crippen LogP contribution < -0.4 is 0 Å². The highest BCUT2D eigenvalue weighted by molar-refractivity contribution is 5.74. The Morgan fingerprint density at radius 2 is 2.00 bits per heavy atom. The summed E-state index contributed by atoms with van der Waals surface area (Å²) in [4.78, 5) is 10.9. The Bertz CT molecular complexity index is 196. The van der Waals surface area contributed by atoms with Gasteiger partial charge >= 0.3 is 5.97 Å². The molecule has 0 bridgehead atoms. The van der Waals surface area contributed by atoms with Gasteiger partial charge in [-0.15, -0.1) is 0 Å². The van der Waals surface area contributed by atoms with Gasteiger partial charge in [-0.05, 0) is 39.0 Å². The highest BCUT2D eigenvalue weighted by atomic mass is 16.4. The van der Waals surface area contributed by atoms with Crippen molar-refractivity contribution < 1.29 is 9.90 Å². The van der Waals surface area contributed by atoms with E-state index < -0.39 is 11.4 Å². The van der Waals surface area contributed by atoms with Crippen LogP contribution in [0.2, 0.25) is 0 Å². The van der Waals surface area contributed by atoms with Gasteiger partial charge in [0.25, 0.3) is 0 Å². The van der Waals surface area contributed by atoms with Crippen LogP contribution in [0, 0.1) is 5.41 Å². The summed E-state index contributed by atoms with van der Waals surface area (Å²) >= 11 is 0. The molecule has 1 rings (SSSR count). The van der Waals surface area contributed by atoms with Gasteiger partial charge in [-0.3, -0.25) is 4.79 Å². The number of aliphatic carboxylic acids is 1. The molecule has 0 saturated carbocycles. The monoisotopic (exact) mass is 168 g/mol. The van der Waals surface area contributed by atoms with Crippen molar-refractivity contribution in [1.29, 1.82) is 0 Å². The summed E-state index contributed by atoms with van der Waals surface area (Å²) in [5.41, 5.74) is -0.481. The van der Waals surface area contributed by atoms with Crippen LogP contribution in [0.15, 0.2) is 12.2 Å². The smallest absolute Gasteiger partial charge is 0.309 e.